The third-order valence-electron chi connectivity index (χ3n) is 3.36. The highest BCUT2D eigenvalue weighted by atomic mass is 19.1. The van der Waals surface area contributed by atoms with Gasteiger partial charge in [-0.05, 0) is 6.92 Å². The van der Waals surface area contributed by atoms with E-state index in [1.807, 2.05) is 67.6 Å². The molecule has 21 heavy (non-hydrogen) atoms. The van der Waals surface area contributed by atoms with Gasteiger partial charge in [-0.15, -0.1) is 0 Å². The number of alkyl halides is 1. The first kappa shape index (κ1) is 13.4. The van der Waals surface area contributed by atoms with Crippen molar-refractivity contribution in [2.45, 2.75) is 13.6 Å². The van der Waals surface area contributed by atoms with Crippen molar-refractivity contribution in [3.8, 4) is 22.5 Å². The fraction of sp³-hybridized carbons (Fsp3) is 0.111. The van der Waals surface area contributed by atoms with Gasteiger partial charge < -0.3 is 0 Å². The molecule has 0 amide bonds. The van der Waals surface area contributed by atoms with E-state index in [2.05, 4.69) is 9.97 Å². The Bertz CT molecular complexity index is 740. The van der Waals surface area contributed by atoms with Crippen LogP contribution < -0.4 is 0 Å². The molecule has 0 spiro atoms. The summed E-state index contributed by atoms with van der Waals surface area (Å²) in [6.45, 7) is 1.28. The molecule has 0 saturated heterocycles. The molecule has 0 aliphatic carbocycles. The first-order valence-corrected chi connectivity index (χ1v) is 6.84. The minimum absolute atomic E-state index is 0.380. The molecule has 2 nitrogen and oxygen atoms in total. The van der Waals surface area contributed by atoms with Crippen LogP contribution in [-0.4, -0.2) is 9.97 Å². The third-order valence-corrected chi connectivity index (χ3v) is 3.36. The predicted molar refractivity (Wildman–Crippen MR) is 82.5 cm³/mol. The fourth-order valence-electron chi connectivity index (χ4n) is 2.34. The Morgan fingerprint density at radius 2 is 1.29 bits per heavy atom. The minimum Gasteiger partial charge on any atom is -0.249 e. The van der Waals surface area contributed by atoms with Crippen LogP contribution in [-0.2, 0) is 6.67 Å². The summed E-state index contributed by atoms with van der Waals surface area (Å²) in [5.41, 5.74) is 4.39. The maximum atomic E-state index is 13.4. The van der Waals surface area contributed by atoms with Crippen LogP contribution >= 0.6 is 0 Å². The van der Waals surface area contributed by atoms with E-state index in [-0.39, 0.29) is 0 Å². The Morgan fingerprint density at radius 1 is 0.762 bits per heavy atom. The van der Waals surface area contributed by atoms with E-state index in [9.17, 15) is 4.39 Å². The van der Waals surface area contributed by atoms with Gasteiger partial charge in [0.2, 0.25) is 0 Å². The molecule has 2 aromatic carbocycles. The van der Waals surface area contributed by atoms with Crippen LogP contribution in [0.1, 0.15) is 11.4 Å². The molecule has 0 atom stereocenters. The molecular formula is C18H15FN2. The second-order valence-electron chi connectivity index (χ2n) is 4.82. The van der Waals surface area contributed by atoms with E-state index in [0.29, 0.717) is 11.4 Å². The summed E-state index contributed by atoms with van der Waals surface area (Å²) < 4.78 is 13.4. The van der Waals surface area contributed by atoms with E-state index >= 15 is 0 Å². The van der Waals surface area contributed by atoms with Gasteiger partial charge in [0.15, 0.2) is 0 Å². The first-order chi connectivity index (χ1) is 10.3. The van der Waals surface area contributed by atoms with Gasteiger partial charge in [0.1, 0.15) is 6.67 Å². The third kappa shape index (κ3) is 2.68. The molecule has 0 saturated carbocycles. The van der Waals surface area contributed by atoms with Crippen molar-refractivity contribution in [2.75, 3.05) is 0 Å². The van der Waals surface area contributed by atoms with E-state index in [1.54, 1.807) is 0 Å². The van der Waals surface area contributed by atoms with Gasteiger partial charge in [-0.3, -0.25) is 0 Å². The summed E-state index contributed by atoms with van der Waals surface area (Å²) in [5.74, 6) is 0. The quantitative estimate of drug-likeness (QED) is 0.700. The van der Waals surface area contributed by atoms with Crippen LogP contribution in [0.15, 0.2) is 60.7 Å². The summed E-state index contributed by atoms with van der Waals surface area (Å²) >= 11 is 0. The van der Waals surface area contributed by atoms with Crippen molar-refractivity contribution >= 4 is 0 Å². The largest absolute Gasteiger partial charge is 0.249 e. The van der Waals surface area contributed by atoms with Gasteiger partial charge in [0, 0.05) is 11.1 Å². The number of rotatable bonds is 3. The minimum atomic E-state index is -0.628. The Labute approximate surface area is 123 Å². The van der Waals surface area contributed by atoms with Crippen LogP contribution in [0.25, 0.3) is 22.5 Å². The maximum absolute atomic E-state index is 13.4. The zero-order chi connectivity index (χ0) is 14.7. The van der Waals surface area contributed by atoms with Crippen LogP contribution in [0.3, 0.4) is 0 Å². The summed E-state index contributed by atoms with van der Waals surface area (Å²) in [5, 5.41) is 0. The standard InChI is InChI=1S/C18H15FN2/c1-13-17(14-8-4-2-5-9-14)21-16(12-19)18(20-13)15-10-6-3-7-11-15/h2-11H,12H2,1H3. The second kappa shape index (κ2) is 5.83. The highest BCUT2D eigenvalue weighted by Gasteiger charge is 2.13. The molecule has 0 bridgehead atoms. The van der Waals surface area contributed by atoms with Gasteiger partial charge in [-0.2, -0.15) is 0 Å². The monoisotopic (exact) mass is 278 g/mol. The SMILES string of the molecule is Cc1nc(-c2ccccc2)c(CF)nc1-c1ccccc1. The zero-order valence-corrected chi connectivity index (χ0v) is 11.8. The molecular weight excluding hydrogens is 263 g/mol. The molecule has 0 aliphatic rings. The summed E-state index contributed by atoms with van der Waals surface area (Å²) in [4.78, 5) is 9.09. The molecule has 3 heteroatoms. The Balaban J connectivity index is 2.16. The molecule has 3 aromatic rings. The fourth-order valence-corrected chi connectivity index (χ4v) is 2.34. The molecule has 0 unspecified atom stereocenters. The molecule has 0 fully saturated rings. The lowest BCUT2D eigenvalue weighted by atomic mass is 10.1. The van der Waals surface area contributed by atoms with Crippen molar-refractivity contribution < 1.29 is 4.39 Å². The Morgan fingerprint density at radius 3 is 1.81 bits per heavy atom. The average molecular weight is 278 g/mol. The molecule has 1 aromatic heterocycles. The van der Waals surface area contributed by atoms with E-state index in [4.69, 9.17) is 0 Å². The average Bonchev–Trinajstić information content (AvgIpc) is 2.56. The number of aromatic nitrogens is 2. The highest BCUT2D eigenvalue weighted by Crippen LogP contribution is 2.26. The lowest BCUT2D eigenvalue weighted by Gasteiger charge is -2.11. The summed E-state index contributed by atoms with van der Waals surface area (Å²) in [7, 11) is 0. The number of benzene rings is 2. The van der Waals surface area contributed by atoms with Gasteiger partial charge in [-0.25, -0.2) is 14.4 Å². The van der Waals surface area contributed by atoms with Gasteiger partial charge >= 0.3 is 0 Å². The van der Waals surface area contributed by atoms with Gasteiger partial charge in [0.25, 0.3) is 0 Å². The van der Waals surface area contributed by atoms with Crippen molar-refractivity contribution in [2.24, 2.45) is 0 Å². The van der Waals surface area contributed by atoms with Crippen molar-refractivity contribution in [3.05, 3.63) is 72.1 Å². The first-order valence-electron chi connectivity index (χ1n) is 6.84. The summed E-state index contributed by atoms with van der Waals surface area (Å²) in [6.07, 6.45) is 0. The number of nitrogens with zero attached hydrogens (tertiary/aromatic N) is 2. The van der Waals surface area contributed by atoms with Crippen molar-refractivity contribution in [1.82, 2.24) is 9.97 Å². The van der Waals surface area contributed by atoms with E-state index in [1.165, 1.54) is 0 Å². The van der Waals surface area contributed by atoms with Crippen LogP contribution in [0.2, 0.25) is 0 Å². The molecule has 3 rings (SSSR count). The van der Waals surface area contributed by atoms with E-state index < -0.39 is 6.67 Å². The maximum Gasteiger partial charge on any atom is 0.134 e. The Hall–Kier alpha value is -2.55. The lowest BCUT2D eigenvalue weighted by molar-refractivity contribution is 0.476. The number of hydrogen-bond donors (Lipinski definition) is 0. The van der Waals surface area contributed by atoms with E-state index in [0.717, 1.165) is 22.5 Å². The lowest BCUT2D eigenvalue weighted by Crippen LogP contribution is -2.01. The van der Waals surface area contributed by atoms with Gasteiger partial charge in [-0.1, -0.05) is 60.7 Å². The molecule has 1 heterocycles. The smallest absolute Gasteiger partial charge is 0.134 e. The van der Waals surface area contributed by atoms with Crippen LogP contribution in [0, 0.1) is 6.92 Å². The Kier molecular flexibility index (Phi) is 3.73. The zero-order valence-electron chi connectivity index (χ0n) is 11.8. The summed E-state index contributed by atoms with van der Waals surface area (Å²) in [6, 6.07) is 19.3. The predicted octanol–water partition coefficient (Wildman–Crippen LogP) is 4.59. The number of hydrogen-bond acceptors (Lipinski definition) is 2. The number of halogens is 1. The number of aryl methyl sites for hydroxylation is 1. The van der Waals surface area contributed by atoms with Crippen LogP contribution in [0.4, 0.5) is 4.39 Å². The molecule has 104 valence electrons. The van der Waals surface area contributed by atoms with Gasteiger partial charge in [0.05, 0.1) is 22.8 Å². The highest BCUT2D eigenvalue weighted by molar-refractivity contribution is 5.67. The molecule has 0 aliphatic heterocycles. The molecule has 0 N–H and O–H groups in total. The topological polar surface area (TPSA) is 25.8 Å². The molecule has 0 radical (unpaired) electrons. The normalized spacial score (nSPS) is 10.6. The van der Waals surface area contributed by atoms with Crippen LogP contribution in [0.5, 0.6) is 0 Å². The van der Waals surface area contributed by atoms with Crippen molar-refractivity contribution in [3.63, 3.8) is 0 Å². The second-order valence-corrected chi connectivity index (χ2v) is 4.82. The van der Waals surface area contributed by atoms with Crippen molar-refractivity contribution in [1.29, 1.82) is 0 Å².